The molecule has 0 radical (unpaired) electrons. The fraction of sp³-hybridized carbons (Fsp3) is 0.733. The summed E-state index contributed by atoms with van der Waals surface area (Å²) in [5.41, 5.74) is 7.22. The number of nitrogens with zero attached hydrogens (tertiary/aromatic N) is 2. The number of nitrogens with two attached hydrogens (primary N) is 1. The van der Waals surface area contributed by atoms with Crippen molar-refractivity contribution in [2.75, 3.05) is 33.2 Å². The van der Waals surface area contributed by atoms with Gasteiger partial charge in [0.05, 0.1) is 18.6 Å². The Morgan fingerprint density at radius 1 is 1.42 bits per heavy atom. The summed E-state index contributed by atoms with van der Waals surface area (Å²) in [5, 5.41) is 0. The average molecular weight is 263 g/mol. The van der Waals surface area contributed by atoms with Gasteiger partial charge < -0.3 is 15.1 Å². The molecule has 3 unspecified atom stereocenters. The van der Waals surface area contributed by atoms with Crippen LogP contribution in [-0.4, -0.2) is 49.1 Å². The molecule has 0 spiro atoms. The van der Waals surface area contributed by atoms with Crippen molar-refractivity contribution in [1.29, 1.82) is 0 Å². The van der Waals surface area contributed by atoms with Gasteiger partial charge in [-0.1, -0.05) is 0 Å². The highest BCUT2D eigenvalue weighted by atomic mass is 16.3. The molecule has 2 saturated heterocycles. The van der Waals surface area contributed by atoms with Crippen LogP contribution in [0.2, 0.25) is 0 Å². The molecule has 0 amide bonds. The van der Waals surface area contributed by atoms with Crippen molar-refractivity contribution in [3.8, 4) is 0 Å². The molecule has 2 aliphatic heterocycles. The molecule has 2 fully saturated rings. The number of furan rings is 1. The molecule has 106 valence electrons. The van der Waals surface area contributed by atoms with Gasteiger partial charge in [0, 0.05) is 31.2 Å². The summed E-state index contributed by atoms with van der Waals surface area (Å²) >= 11 is 0. The minimum atomic E-state index is 0.326. The van der Waals surface area contributed by atoms with Gasteiger partial charge in [-0.15, -0.1) is 0 Å². The summed E-state index contributed by atoms with van der Waals surface area (Å²) < 4.78 is 5.22. The van der Waals surface area contributed by atoms with Crippen molar-refractivity contribution >= 4 is 0 Å². The third-order valence-corrected chi connectivity index (χ3v) is 4.97. The summed E-state index contributed by atoms with van der Waals surface area (Å²) in [5.74, 6) is 0.813. The molecule has 0 aromatic carbocycles. The Labute approximate surface area is 115 Å². The van der Waals surface area contributed by atoms with E-state index in [0.29, 0.717) is 12.6 Å². The molecule has 19 heavy (non-hydrogen) atoms. The van der Waals surface area contributed by atoms with E-state index in [1.54, 1.807) is 6.26 Å². The fourth-order valence-corrected chi connectivity index (χ4v) is 3.92. The van der Waals surface area contributed by atoms with E-state index in [-0.39, 0.29) is 0 Å². The molecule has 1 aromatic rings. The number of fused-ring (bicyclic) bond motifs is 1. The van der Waals surface area contributed by atoms with Crippen LogP contribution in [0.15, 0.2) is 23.0 Å². The molecule has 4 nitrogen and oxygen atoms in total. The average Bonchev–Trinajstić information content (AvgIpc) is 2.94. The lowest BCUT2D eigenvalue weighted by Gasteiger charge is -2.47. The van der Waals surface area contributed by atoms with Gasteiger partial charge in [-0.05, 0) is 44.8 Å². The van der Waals surface area contributed by atoms with E-state index in [0.717, 1.165) is 18.5 Å². The molecule has 0 saturated carbocycles. The van der Waals surface area contributed by atoms with Crippen LogP contribution in [0.1, 0.15) is 30.9 Å². The predicted molar refractivity (Wildman–Crippen MR) is 75.8 cm³/mol. The minimum Gasteiger partial charge on any atom is -0.472 e. The van der Waals surface area contributed by atoms with Crippen molar-refractivity contribution in [3.63, 3.8) is 0 Å². The van der Waals surface area contributed by atoms with Crippen molar-refractivity contribution < 1.29 is 4.42 Å². The van der Waals surface area contributed by atoms with Crippen molar-refractivity contribution in [1.82, 2.24) is 9.80 Å². The standard InChI is InChI=1S/C15H25N3O/c1-17-6-2-3-12-10-18(7-4-14(12)17)15(9-16)13-5-8-19-11-13/h5,8,11-12,14-15H,2-4,6-7,9-10,16H2,1H3. The quantitative estimate of drug-likeness (QED) is 0.901. The zero-order valence-electron chi connectivity index (χ0n) is 11.8. The molecule has 2 aliphatic rings. The summed E-state index contributed by atoms with van der Waals surface area (Å²) in [7, 11) is 2.28. The van der Waals surface area contributed by atoms with Gasteiger partial charge in [-0.2, -0.15) is 0 Å². The van der Waals surface area contributed by atoms with Gasteiger partial charge in [0.1, 0.15) is 0 Å². The first-order chi connectivity index (χ1) is 9.29. The highest BCUT2D eigenvalue weighted by Gasteiger charge is 2.36. The zero-order chi connectivity index (χ0) is 13.2. The SMILES string of the molecule is CN1CCCC2CN(C(CN)c3ccoc3)CCC21. The van der Waals surface area contributed by atoms with E-state index in [9.17, 15) is 0 Å². The van der Waals surface area contributed by atoms with E-state index in [1.165, 1.54) is 37.9 Å². The molecule has 0 aliphatic carbocycles. The van der Waals surface area contributed by atoms with E-state index < -0.39 is 0 Å². The van der Waals surface area contributed by atoms with Gasteiger partial charge in [-0.25, -0.2) is 0 Å². The normalized spacial score (nSPS) is 31.1. The first-order valence-corrected chi connectivity index (χ1v) is 7.46. The topological polar surface area (TPSA) is 45.6 Å². The molecular formula is C15H25N3O. The Morgan fingerprint density at radius 3 is 3.05 bits per heavy atom. The monoisotopic (exact) mass is 263 g/mol. The number of likely N-dealkylation sites (tertiary alicyclic amines) is 2. The number of hydrogen-bond donors (Lipinski definition) is 1. The largest absolute Gasteiger partial charge is 0.472 e. The Kier molecular flexibility index (Phi) is 3.91. The molecule has 0 bridgehead atoms. The van der Waals surface area contributed by atoms with Crippen LogP contribution >= 0.6 is 0 Å². The number of piperidine rings is 2. The molecule has 3 heterocycles. The van der Waals surface area contributed by atoms with Crippen molar-refractivity contribution in [3.05, 3.63) is 24.2 Å². The Balaban J connectivity index is 1.70. The van der Waals surface area contributed by atoms with E-state index in [1.807, 2.05) is 6.26 Å². The van der Waals surface area contributed by atoms with E-state index in [2.05, 4.69) is 22.9 Å². The Bertz CT molecular complexity index is 392. The third kappa shape index (κ3) is 2.57. The van der Waals surface area contributed by atoms with Gasteiger partial charge in [-0.3, -0.25) is 4.90 Å². The van der Waals surface area contributed by atoms with Crippen LogP contribution in [0.3, 0.4) is 0 Å². The van der Waals surface area contributed by atoms with E-state index >= 15 is 0 Å². The van der Waals surface area contributed by atoms with Crippen molar-refractivity contribution in [2.24, 2.45) is 11.7 Å². The van der Waals surface area contributed by atoms with Gasteiger partial charge in [0.2, 0.25) is 0 Å². The highest BCUT2D eigenvalue weighted by Crippen LogP contribution is 2.33. The zero-order valence-corrected chi connectivity index (χ0v) is 11.8. The highest BCUT2D eigenvalue weighted by molar-refractivity contribution is 5.13. The smallest absolute Gasteiger partial charge is 0.0950 e. The Morgan fingerprint density at radius 2 is 2.32 bits per heavy atom. The second-order valence-electron chi connectivity index (χ2n) is 6.04. The predicted octanol–water partition coefficient (Wildman–Crippen LogP) is 1.70. The van der Waals surface area contributed by atoms with Crippen molar-refractivity contribution in [2.45, 2.75) is 31.3 Å². The first-order valence-electron chi connectivity index (χ1n) is 7.46. The fourth-order valence-electron chi connectivity index (χ4n) is 3.92. The van der Waals surface area contributed by atoms with Crippen LogP contribution in [-0.2, 0) is 0 Å². The van der Waals surface area contributed by atoms with Crippen LogP contribution in [0.25, 0.3) is 0 Å². The van der Waals surface area contributed by atoms with Crippen LogP contribution in [0.5, 0.6) is 0 Å². The summed E-state index contributed by atoms with van der Waals surface area (Å²) in [4.78, 5) is 5.12. The maximum Gasteiger partial charge on any atom is 0.0950 e. The van der Waals surface area contributed by atoms with Gasteiger partial charge in [0.25, 0.3) is 0 Å². The lowest BCUT2D eigenvalue weighted by molar-refractivity contribution is 0.0210. The number of hydrogen-bond acceptors (Lipinski definition) is 4. The summed E-state index contributed by atoms with van der Waals surface area (Å²) in [6, 6.07) is 3.16. The minimum absolute atomic E-state index is 0.326. The van der Waals surface area contributed by atoms with E-state index in [4.69, 9.17) is 10.2 Å². The van der Waals surface area contributed by atoms with Crippen LogP contribution in [0, 0.1) is 5.92 Å². The Hall–Kier alpha value is -0.840. The first kappa shape index (κ1) is 13.2. The van der Waals surface area contributed by atoms with Gasteiger partial charge in [0.15, 0.2) is 0 Å². The van der Waals surface area contributed by atoms with Crippen LogP contribution < -0.4 is 5.73 Å². The number of rotatable bonds is 3. The maximum absolute atomic E-state index is 6.00. The summed E-state index contributed by atoms with van der Waals surface area (Å²) in [6.07, 6.45) is 7.57. The molecule has 3 rings (SSSR count). The molecule has 3 atom stereocenters. The lowest BCUT2D eigenvalue weighted by atomic mass is 9.83. The van der Waals surface area contributed by atoms with Crippen LogP contribution in [0.4, 0.5) is 0 Å². The summed E-state index contributed by atoms with van der Waals surface area (Å²) in [6.45, 7) is 4.27. The van der Waals surface area contributed by atoms with Gasteiger partial charge >= 0.3 is 0 Å². The third-order valence-electron chi connectivity index (χ3n) is 4.97. The molecule has 4 heteroatoms. The second-order valence-corrected chi connectivity index (χ2v) is 6.04. The second kappa shape index (κ2) is 5.65. The lowest BCUT2D eigenvalue weighted by Crippen LogP contribution is -2.53. The molecule has 2 N–H and O–H groups in total. The maximum atomic E-state index is 6.00. The molecular weight excluding hydrogens is 238 g/mol. The molecule has 1 aromatic heterocycles.